The second-order valence-electron chi connectivity index (χ2n) is 7.26. The minimum absolute atomic E-state index is 0.0238. The third-order valence-electron chi connectivity index (χ3n) is 4.87. The van der Waals surface area contributed by atoms with E-state index in [2.05, 4.69) is 4.74 Å². The summed E-state index contributed by atoms with van der Waals surface area (Å²) < 4.78 is 64.9. The molecule has 4 rings (SSSR count). The van der Waals surface area contributed by atoms with Gasteiger partial charge < -0.3 is 9.84 Å². The number of carbonyl (C=O) groups is 1. The highest BCUT2D eigenvalue weighted by Crippen LogP contribution is 2.36. The second kappa shape index (κ2) is 8.20. The van der Waals surface area contributed by atoms with Crippen molar-refractivity contribution in [1.29, 1.82) is 0 Å². The van der Waals surface area contributed by atoms with Gasteiger partial charge in [-0.2, -0.15) is 0 Å². The minimum atomic E-state index is -4.78. The molecular formula is C23H15F3O5S2. The molecule has 0 aliphatic carbocycles. The first-order chi connectivity index (χ1) is 15.4. The van der Waals surface area contributed by atoms with Gasteiger partial charge in [0.25, 0.3) is 0 Å². The van der Waals surface area contributed by atoms with Gasteiger partial charge in [-0.3, -0.25) is 0 Å². The zero-order valence-corrected chi connectivity index (χ0v) is 18.5. The first-order valence-corrected chi connectivity index (χ1v) is 12.1. The fourth-order valence-corrected chi connectivity index (χ4v) is 5.23. The zero-order chi connectivity index (χ0) is 24.0. The number of fused-ring (bicyclic) bond motifs is 1. The van der Waals surface area contributed by atoms with Crippen molar-refractivity contribution in [3.05, 3.63) is 71.6 Å². The van der Waals surface area contributed by atoms with Gasteiger partial charge in [0.15, 0.2) is 9.84 Å². The third kappa shape index (κ3) is 5.01. The Morgan fingerprint density at radius 3 is 2.18 bits per heavy atom. The van der Waals surface area contributed by atoms with Gasteiger partial charge in [-0.05, 0) is 74.8 Å². The quantitative estimate of drug-likeness (QED) is 0.357. The Kier molecular flexibility index (Phi) is 5.67. The monoisotopic (exact) mass is 492 g/mol. The van der Waals surface area contributed by atoms with Gasteiger partial charge in [-0.15, -0.1) is 24.5 Å². The molecule has 0 aliphatic rings. The summed E-state index contributed by atoms with van der Waals surface area (Å²) in [6.45, 7) is 0. The van der Waals surface area contributed by atoms with Crippen LogP contribution in [0.2, 0.25) is 0 Å². The molecule has 1 N–H and O–H groups in total. The Balaban J connectivity index is 1.81. The van der Waals surface area contributed by atoms with E-state index < -0.39 is 22.2 Å². The smallest absolute Gasteiger partial charge is 0.478 e. The van der Waals surface area contributed by atoms with Crippen molar-refractivity contribution >= 4 is 37.9 Å². The largest absolute Gasteiger partial charge is 0.573 e. The van der Waals surface area contributed by atoms with Crippen LogP contribution in [0.5, 0.6) is 5.75 Å². The standard InChI is InChI=1S/C23H15F3O5S2/c1-33(29,30)21-11-17(12-32-21)20-10-16(22(27)28)9-15-8-14(4-7-19(15)20)13-2-5-18(6-3-13)31-23(24,25)26/h2-12H,1H3,(H,27,28). The van der Waals surface area contributed by atoms with E-state index in [1.165, 1.54) is 42.5 Å². The molecule has 3 aromatic carbocycles. The Morgan fingerprint density at radius 2 is 1.61 bits per heavy atom. The van der Waals surface area contributed by atoms with Crippen LogP contribution in [0.1, 0.15) is 10.4 Å². The van der Waals surface area contributed by atoms with Gasteiger partial charge in [0.2, 0.25) is 0 Å². The van der Waals surface area contributed by atoms with Crippen LogP contribution in [0, 0.1) is 0 Å². The Hall–Kier alpha value is -3.37. The summed E-state index contributed by atoms with van der Waals surface area (Å²) in [4.78, 5) is 11.7. The molecule has 10 heteroatoms. The topological polar surface area (TPSA) is 80.7 Å². The third-order valence-corrected chi connectivity index (χ3v) is 7.64. The molecule has 0 unspecified atom stereocenters. The fourth-order valence-electron chi connectivity index (χ4n) is 3.41. The number of alkyl halides is 3. The summed E-state index contributed by atoms with van der Waals surface area (Å²) in [6, 6.07) is 15.1. The first kappa shape index (κ1) is 22.8. The summed E-state index contributed by atoms with van der Waals surface area (Å²) in [5.41, 5.74) is 2.45. The Morgan fingerprint density at radius 1 is 0.939 bits per heavy atom. The summed E-state index contributed by atoms with van der Waals surface area (Å²) in [5.74, 6) is -1.49. The lowest BCUT2D eigenvalue weighted by atomic mass is 9.94. The number of thiophene rings is 1. The van der Waals surface area contributed by atoms with Crippen LogP contribution in [-0.2, 0) is 9.84 Å². The van der Waals surface area contributed by atoms with E-state index >= 15 is 0 Å². The van der Waals surface area contributed by atoms with Crippen molar-refractivity contribution in [2.45, 2.75) is 10.6 Å². The summed E-state index contributed by atoms with van der Waals surface area (Å²) in [5, 5.41) is 12.5. The van der Waals surface area contributed by atoms with Crippen LogP contribution < -0.4 is 4.74 Å². The molecule has 0 spiro atoms. The van der Waals surface area contributed by atoms with E-state index in [4.69, 9.17) is 0 Å². The van der Waals surface area contributed by atoms with Gasteiger partial charge in [-0.25, -0.2) is 13.2 Å². The Bertz CT molecular complexity index is 1470. The molecule has 170 valence electrons. The lowest BCUT2D eigenvalue weighted by molar-refractivity contribution is -0.274. The van der Waals surface area contributed by atoms with Gasteiger partial charge in [0, 0.05) is 6.26 Å². The summed E-state index contributed by atoms with van der Waals surface area (Å²) in [7, 11) is -3.41. The maximum atomic E-state index is 12.4. The van der Waals surface area contributed by atoms with E-state index in [1.54, 1.807) is 23.6 Å². The van der Waals surface area contributed by atoms with Gasteiger partial charge in [0.05, 0.1) is 5.56 Å². The lowest BCUT2D eigenvalue weighted by Gasteiger charge is -2.11. The van der Waals surface area contributed by atoms with Crippen LogP contribution in [-0.4, -0.2) is 32.1 Å². The van der Waals surface area contributed by atoms with Crippen LogP contribution in [0.15, 0.2) is 70.3 Å². The van der Waals surface area contributed by atoms with E-state index in [9.17, 15) is 31.5 Å². The average Bonchev–Trinajstić information content (AvgIpc) is 3.22. The molecule has 1 aromatic heterocycles. The number of carboxylic acid groups (broad SMARTS) is 1. The number of aromatic carboxylic acids is 1. The highest BCUT2D eigenvalue weighted by atomic mass is 32.2. The Labute approximate surface area is 190 Å². The summed E-state index contributed by atoms with van der Waals surface area (Å²) >= 11 is 1.05. The zero-order valence-electron chi connectivity index (χ0n) is 16.9. The lowest BCUT2D eigenvalue weighted by Crippen LogP contribution is -2.16. The number of benzene rings is 3. The SMILES string of the molecule is CS(=O)(=O)c1cc(-c2cc(C(=O)O)cc3cc(-c4ccc(OC(F)(F)F)cc4)ccc23)cs1. The molecule has 1 heterocycles. The van der Waals surface area contributed by atoms with Gasteiger partial charge in [0.1, 0.15) is 9.96 Å². The van der Waals surface area contributed by atoms with Gasteiger partial charge in [-0.1, -0.05) is 24.3 Å². The fraction of sp³-hybridized carbons (Fsp3) is 0.0870. The number of hydrogen-bond acceptors (Lipinski definition) is 5. The average molecular weight is 492 g/mol. The highest BCUT2D eigenvalue weighted by molar-refractivity contribution is 7.92. The molecular weight excluding hydrogens is 477 g/mol. The van der Waals surface area contributed by atoms with Gasteiger partial charge >= 0.3 is 12.3 Å². The molecule has 0 bridgehead atoms. The molecule has 33 heavy (non-hydrogen) atoms. The van der Waals surface area contributed by atoms with E-state index in [0.29, 0.717) is 33.0 Å². The molecule has 0 radical (unpaired) electrons. The van der Waals surface area contributed by atoms with Crippen molar-refractivity contribution in [2.75, 3.05) is 6.26 Å². The van der Waals surface area contributed by atoms with Crippen LogP contribution in [0.25, 0.3) is 33.0 Å². The molecule has 5 nitrogen and oxygen atoms in total. The van der Waals surface area contributed by atoms with E-state index in [-0.39, 0.29) is 15.5 Å². The van der Waals surface area contributed by atoms with Crippen molar-refractivity contribution < 1.29 is 36.2 Å². The molecule has 0 fully saturated rings. The molecule has 0 atom stereocenters. The number of sulfone groups is 1. The first-order valence-electron chi connectivity index (χ1n) is 9.37. The van der Waals surface area contributed by atoms with Crippen molar-refractivity contribution in [3.63, 3.8) is 0 Å². The number of carboxylic acids is 1. The number of halogens is 3. The molecule has 0 saturated carbocycles. The predicted molar refractivity (Wildman–Crippen MR) is 119 cm³/mol. The van der Waals surface area contributed by atoms with Crippen molar-refractivity contribution in [3.8, 4) is 28.0 Å². The normalized spacial score (nSPS) is 12.1. The van der Waals surface area contributed by atoms with E-state index in [1.807, 2.05) is 0 Å². The highest BCUT2D eigenvalue weighted by Gasteiger charge is 2.31. The molecule has 0 saturated heterocycles. The van der Waals surface area contributed by atoms with E-state index in [0.717, 1.165) is 17.6 Å². The van der Waals surface area contributed by atoms with Crippen LogP contribution >= 0.6 is 11.3 Å². The maximum absolute atomic E-state index is 12.4. The number of hydrogen-bond donors (Lipinski definition) is 1. The minimum Gasteiger partial charge on any atom is -0.478 e. The molecule has 0 aliphatic heterocycles. The second-order valence-corrected chi connectivity index (χ2v) is 10.4. The molecule has 4 aromatic rings. The number of ether oxygens (including phenoxy) is 1. The van der Waals surface area contributed by atoms with Crippen LogP contribution in [0.3, 0.4) is 0 Å². The van der Waals surface area contributed by atoms with Crippen molar-refractivity contribution in [1.82, 2.24) is 0 Å². The molecule has 0 amide bonds. The van der Waals surface area contributed by atoms with Crippen LogP contribution in [0.4, 0.5) is 13.2 Å². The number of rotatable bonds is 5. The van der Waals surface area contributed by atoms with Crippen molar-refractivity contribution in [2.24, 2.45) is 0 Å². The summed E-state index contributed by atoms with van der Waals surface area (Å²) in [6.07, 6.45) is -3.68. The predicted octanol–water partition coefficient (Wildman–Crippen LogP) is 6.24. The maximum Gasteiger partial charge on any atom is 0.573 e.